The van der Waals surface area contributed by atoms with Crippen molar-refractivity contribution in [2.24, 2.45) is 11.8 Å². The second-order valence-electron chi connectivity index (χ2n) is 12.1. The molecule has 4 aliphatic rings. The van der Waals surface area contributed by atoms with Gasteiger partial charge in [-0.2, -0.15) is 0 Å². The molecule has 0 radical (unpaired) electrons. The van der Waals surface area contributed by atoms with E-state index in [1.165, 1.54) is 60.9 Å². The van der Waals surface area contributed by atoms with E-state index in [-0.39, 0.29) is 11.3 Å². The van der Waals surface area contributed by atoms with Crippen molar-refractivity contribution in [2.45, 2.75) is 81.6 Å². The molecule has 4 atom stereocenters. The van der Waals surface area contributed by atoms with Crippen LogP contribution < -0.4 is 10.6 Å². The Labute approximate surface area is 217 Å². The Morgan fingerprint density at radius 2 is 1.83 bits per heavy atom. The molecule has 2 saturated heterocycles. The summed E-state index contributed by atoms with van der Waals surface area (Å²) in [6.07, 6.45) is 12.4. The normalized spacial score (nSPS) is 30.9. The number of hydrogen-bond acceptors (Lipinski definition) is 1. The molecule has 0 bridgehead atoms. The third-order valence-corrected chi connectivity index (χ3v) is 10.4. The summed E-state index contributed by atoms with van der Waals surface area (Å²) >= 11 is 0. The monoisotopic (exact) mass is 487 g/mol. The lowest BCUT2D eigenvalue weighted by Crippen LogP contribution is -2.82. The molecule has 2 aliphatic carbocycles. The van der Waals surface area contributed by atoms with Crippen molar-refractivity contribution in [3.05, 3.63) is 65.2 Å². The van der Waals surface area contributed by atoms with Crippen molar-refractivity contribution >= 4 is 11.6 Å². The number of piperidine rings is 1. The highest BCUT2D eigenvalue weighted by Gasteiger charge is 2.55. The van der Waals surface area contributed by atoms with Gasteiger partial charge in [0.1, 0.15) is 11.6 Å². The van der Waals surface area contributed by atoms with Crippen LogP contribution in [0.2, 0.25) is 0 Å². The van der Waals surface area contributed by atoms with E-state index >= 15 is 0 Å². The van der Waals surface area contributed by atoms with Crippen LogP contribution in [0.3, 0.4) is 0 Å². The molecule has 2 aromatic rings. The maximum Gasteiger partial charge on any atom is 0.232 e. The summed E-state index contributed by atoms with van der Waals surface area (Å²) in [5.74, 6) is 1.85. The van der Waals surface area contributed by atoms with Crippen LogP contribution in [-0.4, -0.2) is 43.5 Å². The topological polar surface area (TPSA) is 53.5 Å². The molecule has 6 rings (SSSR count). The first-order chi connectivity index (χ1) is 17.7. The van der Waals surface area contributed by atoms with Crippen molar-refractivity contribution in [3.8, 4) is 0 Å². The van der Waals surface area contributed by atoms with Crippen LogP contribution in [0.1, 0.15) is 80.4 Å². The summed E-state index contributed by atoms with van der Waals surface area (Å²) in [5, 5.41) is 4.72. The van der Waals surface area contributed by atoms with Gasteiger partial charge in [-0.15, -0.1) is 0 Å². The van der Waals surface area contributed by atoms with Gasteiger partial charge in [-0.3, -0.25) is 4.79 Å². The Balaban J connectivity index is 1.31. The number of amides is 1. The number of hydrogen-bond donors (Lipinski definition) is 2. The number of benzene rings is 2. The Bertz CT molecular complexity index is 1060. The van der Waals surface area contributed by atoms with Crippen LogP contribution in [0.25, 0.3) is 0 Å². The van der Waals surface area contributed by atoms with E-state index < -0.39 is 0 Å². The molecule has 1 saturated carbocycles. The minimum absolute atomic E-state index is 0.0110. The molecule has 192 valence electrons. The summed E-state index contributed by atoms with van der Waals surface area (Å²) < 4.78 is 0. The van der Waals surface area contributed by atoms with Crippen LogP contribution >= 0.6 is 0 Å². The van der Waals surface area contributed by atoms with Crippen molar-refractivity contribution in [3.63, 3.8) is 0 Å². The SMILES string of the molecule is C[NH2+]c1cccc2c1CCC[C@]21C[NH2+]C[C@H]1C(=O)N1CC[C@@H](c2ccccc2)C[C@H]1C1CCCCC1. The number of carbonyl (C=O) groups is 1. The van der Waals surface area contributed by atoms with E-state index in [0.717, 1.165) is 45.3 Å². The van der Waals surface area contributed by atoms with Crippen LogP contribution in [0.5, 0.6) is 0 Å². The number of quaternary nitrogens is 2. The highest BCUT2D eigenvalue weighted by molar-refractivity contribution is 5.82. The van der Waals surface area contributed by atoms with Crippen LogP contribution in [0, 0.1) is 11.8 Å². The third kappa shape index (κ3) is 4.20. The molecular formula is C32H45N3O+2. The van der Waals surface area contributed by atoms with E-state index in [1.54, 1.807) is 0 Å². The summed E-state index contributed by atoms with van der Waals surface area (Å²) in [6, 6.07) is 18.4. The zero-order valence-electron chi connectivity index (χ0n) is 22.1. The van der Waals surface area contributed by atoms with Gasteiger partial charge in [0.05, 0.1) is 25.6 Å². The van der Waals surface area contributed by atoms with Gasteiger partial charge >= 0.3 is 0 Å². The highest BCUT2D eigenvalue weighted by atomic mass is 16.2. The van der Waals surface area contributed by atoms with E-state index in [0.29, 0.717) is 23.8 Å². The van der Waals surface area contributed by atoms with E-state index in [2.05, 4.69) is 71.1 Å². The molecule has 2 heterocycles. The fourth-order valence-electron chi connectivity index (χ4n) is 8.59. The maximum absolute atomic E-state index is 14.6. The van der Waals surface area contributed by atoms with Crippen molar-refractivity contribution in [1.82, 2.24) is 4.90 Å². The van der Waals surface area contributed by atoms with Gasteiger partial charge in [0.2, 0.25) is 5.91 Å². The summed E-state index contributed by atoms with van der Waals surface area (Å²) in [4.78, 5) is 17.1. The molecule has 1 amide bonds. The lowest BCUT2D eigenvalue weighted by molar-refractivity contribution is -0.640. The average molecular weight is 488 g/mol. The van der Waals surface area contributed by atoms with Gasteiger partial charge in [0, 0.05) is 18.2 Å². The molecule has 4 nitrogen and oxygen atoms in total. The van der Waals surface area contributed by atoms with Crippen molar-refractivity contribution < 1.29 is 15.4 Å². The molecule has 1 spiro atoms. The number of nitrogens with two attached hydrogens (primary N) is 2. The summed E-state index contributed by atoms with van der Waals surface area (Å²) in [7, 11) is 2.16. The first-order valence-corrected chi connectivity index (χ1v) is 14.8. The van der Waals surface area contributed by atoms with E-state index in [9.17, 15) is 4.79 Å². The van der Waals surface area contributed by atoms with Gasteiger partial charge in [-0.1, -0.05) is 61.7 Å². The molecule has 3 fully saturated rings. The minimum atomic E-state index is 0.0110. The Hall–Kier alpha value is -2.17. The van der Waals surface area contributed by atoms with Gasteiger partial charge in [-0.25, -0.2) is 0 Å². The minimum Gasteiger partial charge on any atom is -0.345 e. The Morgan fingerprint density at radius 1 is 1.00 bits per heavy atom. The number of likely N-dealkylation sites (tertiary alicyclic amines) is 1. The molecule has 36 heavy (non-hydrogen) atoms. The van der Waals surface area contributed by atoms with Crippen molar-refractivity contribution in [1.29, 1.82) is 0 Å². The van der Waals surface area contributed by atoms with Gasteiger partial charge in [0.25, 0.3) is 0 Å². The van der Waals surface area contributed by atoms with Crippen LogP contribution in [0.15, 0.2) is 48.5 Å². The standard InChI is InChI=1S/C32H43N3O/c1-33-29-16-8-15-27-26(29)14-9-18-32(27)22-34-21-28(32)31(36)35-19-17-25(23-10-4-2-5-11-23)20-30(35)24-12-6-3-7-13-24/h2,4-5,8,10-11,15-16,24-25,28,30,33-34H,3,6-7,9,12-14,17-22H2,1H3/p+2/t25-,28+,30+,32+/m1/s1. The van der Waals surface area contributed by atoms with Crippen LogP contribution in [0.4, 0.5) is 5.69 Å². The predicted octanol–water partition coefficient (Wildman–Crippen LogP) is 3.63. The Morgan fingerprint density at radius 3 is 2.64 bits per heavy atom. The second-order valence-corrected chi connectivity index (χ2v) is 12.1. The second kappa shape index (κ2) is 10.3. The maximum atomic E-state index is 14.6. The Kier molecular flexibility index (Phi) is 6.92. The third-order valence-electron chi connectivity index (χ3n) is 10.4. The fourth-order valence-corrected chi connectivity index (χ4v) is 8.59. The molecule has 4 heteroatoms. The lowest BCUT2D eigenvalue weighted by Gasteiger charge is -2.47. The van der Waals surface area contributed by atoms with Gasteiger partial charge in [-0.05, 0) is 74.0 Å². The average Bonchev–Trinajstić information content (AvgIpc) is 3.37. The summed E-state index contributed by atoms with van der Waals surface area (Å²) in [5.41, 5.74) is 5.88. The number of rotatable bonds is 4. The molecule has 0 unspecified atom stereocenters. The molecule has 4 N–H and O–H groups in total. The van der Waals surface area contributed by atoms with Crippen LogP contribution in [-0.2, 0) is 16.6 Å². The summed E-state index contributed by atoms with van der Waals surface area (Å²) in [6.45, 7) is 2.95. The number of nitrogens with zero attached hydrogens (tertiary/aromatic N) is 1. The molecule has 2 aliphatic heterocycles. The van der Waals surface area contributed by atoms with Gasteiger partial charge in [0.15, 0.2) is 0 Å². The fraction of sp³-hybridized carbons (Fsp3) is 0.594. The zero-order valence-corrected chi connectivity index (χ0v) is 22.1. The van der Waals surface area contributed by atoms with Gasteiger partial charge < -0.3 is 15.5 Å². The first kappa shape index (κ1) is 24.2. The largest absolute Gasteiger partial charge is 0.345 e. The van der Waals surface area contributed by atoms with Crippen molar-refractivity contribution in [2.75, 3.05) is 26.7 Å². The number of fused-ring (bicyclic) bond motifs is 2. The molecule has 2 aromatic carbocycles. The number of carbonyl (C=O) groups excluding carboxylic acids is 1. The predicted molar refractivity (Wildman–Crippen MR) is 144 cm³/mol. The molecular weight excluding hydrogens is 442 g/mol. The molecule has 0 aromatic heterocycles. The quantitative estimate of drug-likeness (QED) is 0.636. The van der Waals surface area contributed by atoms with E-state index in [1.807, 2.05) is 0 Å². The first-order valence-electron chi connectivity index (χ1n) is 14.8. The van der Waals surface area contributed by atoms with E-state index in [4.69, 9.17) is 0 Å². The smallest absolute Gasteiger partial charge is 0.232 e. The highest BCUT2D eigenvalue weighted by Crippen LogP contribution is 2.47. The zero-order chi connectivity index (χ0) is 24.5. The lowest BCUT2D eigenvalue weighted by atomic mass is 9.63.